The number of nitrogens with one attached hydrogen (secondary N) is 1. The average molecular weight is 506 g/mol. The van der Waals surface area contributed by atoms with Gasteiger partial charge in [0.2, 0.25) is 0 Å². The Labute approximate surface area is 184 Å². The number of thiophene rings is 1. The number of hydrogen-bond donors (Lipinski definition) is 3. The molecule has 0 spiro atoms. The predicted octanol–water partition coefficient (Wildman–Crippen LogP) is 1.61. The smallest absolute Gasteiger partial charge is 0.324 e. The van der Waals surface area contributed by atoms with Crippen LogP contribution in [0.1, 0.15) is 12.0 Å². The zero-order valence-corrected chi connectivity index (χ0v) is 19.6. The lowest BCUT2D eigenvalue weighted by molar-refractivity contribution is -0.696. The van der Waals surface area contributed by atoms with E-state index in [0.29, 0.717) is 28.6 Å². The van der Waals surface area contributed by atoms with Crippen LogP contribution in [0.15, 0.2) is 59.1 Å². The SMILES string of the molecule is O=P(O)(O)CNS(=O)(=O)c1cc2cc(CS(=O)(=O)CCC[n+]3ccccc3)ccc2s1. The number of benzene rings is 1. The van der Waals surface area contributed by atoms with E-state index in [1.165, 1.54) is 6.07 Å². The lowest BCUT2D eigenvalue weighted by atomic mass is 10.2. The zero-order chi connectivity index (χ0) is 22.7. The van der Waals surface area contributed by atoms with Crippen LogP contribution in [-0.2, 0) is 36.7 Å². The van der Waals surface area contributed by atoms with Gasteiger partial charge in [0, 0.05) is 23.3 Å². The Bertz CT molecular complexity index is 1320. The second kappa shape index (κ2) is 9.45. The number of sulfone groups is 1. The van der Waals surface area contributed by atoms with Crippen molar-refractivity contribution in [2.24, 2.45) is 0 Å². The van der Waals surface area contributed by atoms with Crippen molar-refractivity contribution in [3.05, 3.63) is 60.4 Å². The predicted molar refractivity (Wildman–Crippen MR) is 118 cm³/mol. The number of hydrogen-bond acceptors (Lipinski definition) is 6. The van der Waals surface area contributed by atoms with Crippen molar-refractivity contribution >= 4 is 48.9 Å². The molecule has 3 rings (SSSR count). The summed E-state index contributed by atoms with van der Waals surface area (Å²) in [4.78, 5) is 17.7. The third kappa shape index (κ3) is 7.18. The second-order valence-electron chi connectivity index (χ2n) is 6.97. The van der Waals surface area contributed by atoms with Crippen molar-refractivity contribution in [3.63, 3.8) is 0 Å². The summed E-state index contributed by atoms with van der Waals surface area (Å²) in [5.74, 6) is -0.126. The molecule has 13 heteroatoms. The lowest BCUT2D eigenvalue weighted by Gasteiger charge is -2.05. The van der Waals surface area contributed by atoms with Crippen LogP contribution in [-0.4, -0.2) is 38.7 Å². The number of sulfonamides is 1. The normalized spacial score (nSPS) is 13.0. The quantitative estimate of drug-likeness (QED) is 0.281. The summed E-state index contributed by atoms with van der Waals surface area (Å²) in [7, 11) is -12.0. The van der Waals surface area contributed by atoms with Gasteiger partial charge in [-0.3, -0.25) is 4.57 Å². The van der Waals surface area contributed by atoms with Crippen molar-refractivity contribution in [3.8, 4) is 0 Å². The van der Waals surface area contributed by atoms with Crippen LogP contribution in [0.4, 0.5) is 0 Å². The van der Waals surface area contributed by atoms with Crippen molar-refractivity contribution in [1.29, 1.82) is 0 Å². The molecule has 31 heavy (non-hydrogen) atoms. The molecule has 0 radical (unpaired) electrons. The molecule has 0 amide bonds. The third-order valence-electron chi connectivity index (χ3n) is 4.32. The van der Waals surface area contributed by atoms with Crippen molar-refractivity contribution in [2.75, 3.05) is 12.0 Å². The highest BCUT2D eigenvalue weighted by molar-refractivity contribution is 7.92. The number of aryl methyl sites for hydroxylation is 1. The molecule has 0 fully saturated rings. The number of fused-ring (bicyclic) bond motifs is 1. The molecule has 3 N–H and O–H groups in total. The minimum Gasteiger partial charge on any atom is -0.324 e. The maximum absolute atomic E-state index is 12.5. The topological polar surface area (TPSA) is 142 Å². The monoisotopic (exact) mass is 505 g/mol. The van der Waals surface area contributed by atoms with Crippen molar-refractivity contribution < 1.29 is 35.8 Å². The van der Waals surface area contributed by atoms with Crippen LogP contribution in [0.2, 0.25) is 0 Å². The highest BCUT2D eigenvalue weighted by atomic mass is 32.2. The van der Waals surface area contributed by atoms with E-state index >= 15 is 0 Å². The molecule has 0 bridgehead atoms. The summed E-state index contributed by atoms with van der Waals surface area (Å²) in [6.07, 6.45) is 3.23. The minimum atomic E-state index is -4.53. The first-order valence-corrected chi connectivity index (χ1v) is 15.1. The summed E-state index contributed by atoms with van der Waals surface area (Å²) < 4.78 is 64.7. The molecular weight excluding hydrogens is 483 g/mol. The molecule has 0 aliphatic heterocycles. The summed E-state index contributed by atoms with van der Waals surface area (Å²) in [6.45, 7) is 0.590. The average Bonchev–Trinajstić information content (AvgIpc) is 3.11. The molecule has 1 aromatic carbocycles. The lowest BCUT2D eigenvalue weighted by Crippen LogP contribution is -2.33. The Morgan fingerprint density at radius 1 is 1.03 bits per heavy atom. The van der Waals surface area contributed by atoms with E-state index in [9.17, 15) is 21.4 Å². The second-order valence-corrected chi connectivity index (χ2v) is 13.9. The summed E-state index contributed by atoms with van der Waals surface area (Å²) >= 11 is 0.937. The van der Waals surface area contributed by atoms with Gasteiger partial charge in [-0.05, 0) is 29.1 Å². The Kier molecular flexibility index (Phi) is 7.32. The van der Waals surface area contributed by atoms with E-state index in [0.717, 1.165) is 11.3 Å². The van der Waals surface area contributed by atoms with E-state index in [2.05, 4.69) is 0 Å². The Hall–Kier alpha value is -1.66. The van der Waals surface area contributed by atoms with Crippen LogP contribution >= 0.6 is 18.9 Å². The van der Waals surface area contributed by atoms with Gasteiger partial charge in [-0.25, -0.2) is 21.4 Å². The van der Waals surface area contributed by atoms with Gasteiger partial charge in [0.05, 0.1) is 11.5 Å². The fourth-order valence-electron chi connectivity index (χ4n) is 2.91. The van der Waals surface area contributed by atoms with Gasteiger partial charge >= 0.3 is 7.60 Å². The van der Waals surface area contributed by atoms with Gasteiger partial charge in [-0.2, -0.15) is 4.72 Å². The number of nitrogens with zero attached hydrogens (tertiary/aromatic N) is 1. The fraction of sp³-hybridized carbons (Fsp3) is 0.278. The molecule has 0 saturated heterocycles. The fourth-order valence-corrected chi connectivity index (χ4v) is 7.74. The van der Waals surface area contributed by atoms with Gasteiger partial charge in [0.25, 0.3) is 10.0 Å². The molecule has 168 valence electrons. The van der Waals surface area contributed by atoms with E-state index in [1.54, 1.807) is 18.2 Å². The first-order valence-electron chi connectivity index (χ1n) is 9.15. The van der Waals surface area contributed by atoms with Crippen molar-refractivity contribution in [1.82, 2.24) is 4.72 Å². The van der Waals surface area contributed by atoms with Crippen LogP contribution in [0.3, 0.4) is 0 Å². The number of pyridine rings is 1. The molecule has 3 aromatic rings. The summed E-state index contributed by atoms with van der Waals surface area (Å²) in [5, 5.41) is 0.550. The molecule has 0 unspecified atom stereocenters. The maximum Gasteiger partial charge on any atom is 0.340 e. The first-order chi connectivity index (χ1) is 14.4. The molecule has 0 aliphatic rings. The van der Waals surface area contributed by atoms with E-state index < -0.39 is 33.7 Å². The molecule has 0 atom stereocenters. The van der Waals surface area contributed by atoms with Gasteiger partial charge < -0.3 is 9.79 Å². The summed E-state index contributed by atoms with van der Waals surface area (Å²) in [6, 6.07) is 11.9. The molecule has 9 nitrogen and oxygen atoms in total. The van der Waals surface area contributed by atoms with E-state index in [1.807, 2.05) is 39.9 Å². The van der Waals surface area contributed by atoms with Crippen molar-refractivity contribution in [2.45, 2.75) is 22.9 Å². The molecule has 2 aromatic heterocycles. The van der Waals surface area contributed by atoms with E-state index in [-0.39, 0.29) is 15.7 Å². The third-order valence-corrected chi connectivity index (χ3v) is 9.78. The number of rotatable bonds is 10. The Balaban J connectivity index is 1.68. The molecule has 0 saturated carbocycles. The number of aromatic nitrogens is 1. The highest BCUT2D eigenvalue weighted by Gasteiger charge is 2.22. The Morgan fingerprint density at radius 2 is 1.74 bits per heavy atom. The van der Waals surface area contributed by atoms with Crippen LogP contribution in [0, 0.1) is 0 Å². The maximum atomic E-state index is 12.5. The summed E-state index contributed by atoms with van der Waals surface area (Å²) in [5.41, 5.74) is 0.546. The van der Waals surface area contributed by atoms with Gasteiger partial charge in [0.1, 0.15) is 17.0 Å². The van der Waals surface area contributed by atoms with E-state index in [4.69, 9.17) is 9.79 Å². The van der Waals surface area contributed by atoms with Crippen LogP contribution in [0.25, 0.3) is 10.1 Å². The van der Waals surface area contributed by atoms with Crippen LogP contribution in [0.5, 0.6) is 0 Å². The van der Waals surface area contributed by atoms with Gasteiger partial charge in [0.15, 0.2) is 22.2 Å². The minimum absolute atomic E-state index is 0.0303. The largest absolute Gasteiger partial charge is 0.340 e. The Morgan fingerprint density at radius 3 is 2.42 bits per heavy atom. The molecule has 0 aliphatic carbocycles. The van der Waals surface area contributed by atoms with Gasteiger partial charge in [-0.1, -0.05) is 12.1 Å². The van der Waals surface area contributed by atoms with Gasteiger partial charge in [-0.15, -0.1) is 11.3 Å². The standard InChI is InChI=1S/C18H21N2O7PS3/c21-28(22,23)14-19-31(26,27)18-12-16-11-15(5-6-17(16)29-18)13-30(24,25)10-4-9-20-7-2-1-3-8-20/h1-3,5-8,11-12,19H,4,9-10,13-14H2,(H-,21,22,23)/p+1. The molecule has 2 heterocycles. The zero-order valence-electron chi connectivity index (χ0n) is 16.3. The van der Waals surface area contributed by atoms with Crippen LogP contribution < -0.4 is 9.29 Å². The highest BCUT2D eigenvalue weighted by Crippen LogP contribution is 2.34. The molecular formula is C18H22N2O7PS3+. The first kappa shape index (κ1) is 24.0.